The Labute approximate surface area is 239 Å². The average Bonchev–Trinajstić information content (AvgIpc) is 3.36. The number of hydrogen-bond acceptors (Lipinski definition) is 6. The van der Waals surface area contributed by atoms with Crippen LogP contribution in [0.15, 0.2) is 48.7 Å². The van der Waals surface area contributed by atoms with Gasteiger partial charge in [0.05, 0.1) is 34.0 Å². The van der Waals surface area contributed by atoms with E-state index in [-0.39, 0.29) is 40.9 Å². The highest BCUT2D eigenvalue weighted by molar-refractivity contribution is 6.33. The molecule has 2 aromatic heterocycles. The van der Waals surface area contributed by atoms with Gasteiger partial charge in [-0.25, -0.2) is 9.97 Å². The van der Waals surface area contributed by atoms with Crippen molar-refractivity contribution in [3.8, 4) is 0 Å². The highest BCUT2D eigenvalue weighted by atomic mass is 35.5. The van der Waals surface area contributed by atoms with Crippen LogP contribution >= 0.6 is 11.6 Å². The van der Waals surface area contributed by atoms with E-state index in [0.29, 0.717) is 48.2 Å². The number of rotatable bonds is 5. The Morgan fingerprint density at radius 2 is 1.76 bits per heavy atom. The second-order valence-corrected chi connectivity index (χ2v) is 10.2. The number of aromatic amines is 1. The van der Waals surface area contributed by atoms with E-state index in [9.17, 15) is 36.2 Å². The van der Waals surface area contributed by atoms with Crippen LogP contribution in [0.2, 0.25) is 5.02 Å². The number of aliphatic hydroxyl groups is 1. The quantitative estimate of drug-likeness (QED) is 0.235. The van der Waals surface area contributed by atoms with Gasteiger partial charge in [-0.15, -0.1) is 0 Å². The van der Waals surface area contributed by atoms with Gasteiger partial charge in [-0.05, 0) is 55.0 Å². The van der Waals surface area contributed by atoms with E-state index in [2.05, 4.69) is 20.3 Å². The summed E-state index contributed by atoms with van der Waals surface area (Å²) >= 11 is 6.35. The van der Waals surface area contributed by atoms with Crippen LogP contribution in [0.3, 0.4) is 0 Å². The van der Waals surface area contributed by atoms with E-state index >= 15 is 0 Å². The lowest BCUT2D eigenvalue weighted by Gasteiger charge is -2.40. The fraction of sp³-hybridized carbons (Fsp3) is 0.296. The molecule has 1 atom stereocenters. The third-order valence-electron chi connectivity index (χ3n) is 6.88. The van der Waals surface area contributed by atoms with Crippen LogP contribution in [-0.4, -0.2) is 51.6 Å². The summed E-state index contributed by atoms with van der Waals surface area (Å²) in [6.07, 6.45) is -7.83. The van der Waals surface area contributed by atoms with E-state index in [1.807, 2.05) is 16.7 Å². The maximum Gasteiger partial charge on any atom is 0.416 e. The predicted molar refractivity (Wildman–Crippen MR) is 145 cm³/mol. The minimum absolute atomic E-state index is 0.0153. The third kappa shape index (κ3) is 5.95. The number of benzene rings is 2. The van der Waals surface area contributed by atoms with Crippen molar-refractivity contribution in [2.24, 2.45) is 0 Å². The van der Waals surface area contributed by atoms with Crippen molar-refractivity contribution in [1.29, 1.82) is 0 Å². The molecule has 1 unspecified atom stereocenters. The zero-order valence-electron chi connectivity index (χ0n) is 21.8. The van der Waals surface area contributed by atoms with Crippen LogP contribution in [-0.2, 0) is 19.0 Å². The van der Waals surface area contributed by atoms with Crippen LogP contribution in [0.4, 0.5) is 43.8 Å². The average molecular weight is 613 g/mol. The molecule has 4 aromatic rings. The summed E-state index contributed by atoms with van der Waals surface area (Å²) in [5.41, 5.74) is -1.80. The summed E-state index contributed by atoms with van der Waals surface area (Å²) in [5, 5.41) is 12.0. The zero-order chi connectivity index (χ0) is 30.4. The molecule has 5 rings (SSSR count). The SMILES string of the molecule is CC1CN(c2ncc(CO)cc2Cl)CCN1c1nc2c(NC(=O)c3ccc(C(F)(F)F)cc3)cc(C(F)(F)F)cc2[nH]1. The number of carbonyl (C=O) groups is 1. The first-order valence-electron chi connectivity index (χ1n) is 12.6. The maximum atomic E-state index is 13.7. The van der Waals surface area contributed by atoms with Crippen molar-refractivity contribution < 1.29 is 36.2 Å². The number of pyridine rings is 1. The van der Waals surface area contributed by atoms with Crippen LogP contribution < -0.4 is 15.1 Å². The first kappa shape index (κ1) is 29.5. The van der Waals surface area contributed by atoms with Crippen molar-refractivity contribution in [3.63, 3.8) is 0 Å². The zero-order valence-corrected chi connectivity index (χ0v) is 22.6. The van der Waals surface area contributed by atoms with Gasteiger partial charge in [0.15, 0.2) is 0 Å². The van der Waals surface area contributed by atoms with Crippen molar-refractivity contribution in [2.75, 3.05) is 34.8 Å². The molecule has 1 fully saturated rings. The van der Waals surface area contributed by atoms with Crippen LogP contribution in [0.25, 0.3) is 11.0 Å². The number of aliphatic hydroxyl groups excluding tert-OH is 1. The summed E-state index contributed by atoms with van der Waals surface area (Å²) in [6, 6.07) is 6.37. The van der Waals surface area contributed by atoms with E-state index in [0.717, 1.165) is 24.3 Å². The summed E-state index contributed by atoms with van der Waals surface area (Å²) in [5.74, 6) is -0.0864. The Hall–Kier alpha value is -4.04. The Balaban J connectivity index is 1.42. The Morgan fingerprint density at radius 3 is 2.36 bits per heavy atom. The van der Waals surface area contributed by atoms with Crippen molar-refractivity contribution in [1.82, 2.24) is 15.0 Å². The van der Waals surface area contributed by atoms with Crippen molar-refractivity contribution >= 4 is 46.0 Å². The lowest BCUT2D eigenvalue weighted by atomic mass is 10.1. The van der Waals surface area contributed by atoms with Gasteiger partial charge in [0.2, 0.25) is 5.95 Å². The van der Waals surface area contributed by atoms with Gasteiger partial charge >= 0.3 is 12.4 Å². The van der Waals surface area contributed by atoms with Gasteiger partial charge in [0, 0.05) is 37.4 Å². The summed E-state index contributed by atoms with van der Waals surface area (Å²) in [6.45, 7) is 3.00. The molecule has 42 heavy (non-hydrogen) atoms. The van der Waals surface area contributed by atoms with Gasteiger partial charge < -0.3 is 25.2 Å². The van der Waals surface area contributed by atoms with E-state index < -0.39 is 29.4 Å². The predicted octanol–water partition coefficient (Wildman–Crippen LogP) is 6.11. The molecule has 8 nitrogen and oxygen atoms in total. The molecule has 15 heteroatoms. The van der Waals surface area contributed by atoms with E-state index in [1.54, 1.807) is 6.07 Å². The van der Waals surface area contributed by atoms with Crippen molar-refractivity contribution in [3.05, 3.63) is 75.9 Å². The number of alkyl halides is 6. The topological polar surface area (TPSA) is 97.4 Å². The van der Waals surface area contributed by atoms with Gasteiger partial charge in [-0.3, -0.25) is 4.79 Å². The van der Waals surface area contributed by atoms with Crippen LogP contribution in [0.1, 0.15) is 34.0 Å². The van der Waals surface area contributed by atoms with Gasteiger partial charge in [0.25, 0.3) is 5.91 Å². The first-order chi connectivity index (χ1) is 19.7. The molecule has 2 aromatic carbocycles. The molecule has 0 bridgehead atoms. The molecule has 1 aliphatic heterocycles. The summed E-state index contributed by atoms with van der Waals surface area (Å²) in [4.78, 5) is 28.4. The number of anilines is 3. The number of piperazine rings is 1. The number of nitrogens with one attached hydrogen (secondary N) is 2. The van der Waals surface area contributed by atoms with Crippen LogP contribution in [0, 0.1) is 0 Å². The number of aromatic nitrogens is 3. The van der Waals surface area contributed by atoms with Crippen molar-refractivity contribution in [2.45, 2.75) is 31.9 Å². The molecular weight excluding hydrogens is 590 g/mol. The lowest BCUT2D eigenvalue weighted by Crippen LogP contribution is -2.52. The molecule has 0 aliphatic carbocycles. The minimum atomic E-state index is -4.75. The molecule has 3 heterocycles. The smallest absolute Gasteiger partial charge is 0.392 e. The minimum Gasteiger partial charge on any atom is -0.392 e. The molecule has 0 saturated carbocycles. The number of fused-ring (bicyclic) bond motifs is 1. The Bertz CT molecular complexity index is 1620. The highest BCUT2D eigenvalue weighted by Gasteiger charge is 2.34. The fourth-order valence-corrected chi connectivity index (χ4v) is 5.07. The second kappa shape index (κ2) is 11.0. The number of carbonyl (C=O) groups excluding carboxylic acids is 1. The number of halogens is 7. The van der Waals surface area contributed by atoms with E-state index in [1.165, 1.54) is 6.20 Å². The Kier molecular flexibility index (Phi) is 7.70. The fourth-order valence-electron chi connectivity index (χ4n) is 4.76. The molecule has 0 spiro atoms. The highest BCUT2D eigenvalue weighted by Crippen LogP contribution is 2.37. The first-order valence-corrected chi connectivity index (χ1v) is 13.0. The maximum absolute atomic E-state index is 13.7. The van der Waals surface area contributed by atoms with Gasteiger partial charge in [-0.1, -0.05) is 11.6 Å². The number of imidazole rings is 1. The monoisotopic (exact) mass is 612 g/mol. The Morgan fingerprint density at radius 1 is 1.07 bits per heavy atom. The van der Waals surface area contributed by atoms with Crippen LogP contribution in [0.5, 0.6) is 0 Å². The summed E-state index contributed by atoms with van der Waals surface area (Å²) < 4.78 is 79.8. The largest absolute Gasteiger partial charge is 0.416 e. The number of nitrogens with zero attached hydrogens (tertiary/aromatic N) is 4. The third-order valence-corrected chi connectivity index (χ3v) is 7.16. The second-order valence-electron chi connectivity index (χ2n) is 9.80. The molecule has 222 valence electrons. The molecular formula is C27H23ClF6N6O2. The van der Waals surface area contributed by atoms with Gasteiger partial charge in [0.1, 0.15) is 11.3 Å². The molecule has 1 saturated heterocycles. The lowest BCUT2D eigenvalue weighted by molar-refractivity contribution is -0.138. The number of H-pyrrole nitrogens is 1. The molecule has 1 aliphatic rings. The number of hydrogen-bond donors (Lipinski definition) is 3. The molecule has 3 N–H and O–H groups in total. The normalized spacial score (nSPS) is 16.3. The van der Waals surface area contributed by atoms with Gasteiger partial charge in [-0.2, -0.15) is 26.3 Å². The van der Waals surface area contributed by atoms with E-state index in [4.69, 9.17) is 11.6 Å². The molecule has 1 amide bonds. The molecule has 0 radical (unpaired) electrons. The number of amides is 1. The summed E-state index contributed by atoms with van der Waals surface area (Å²) in [7, 11) is 0. The standard InChI is InChI=1S/C27H23ClF6N6O2/c1-14-12-39(23-19(28)8-15(13-41)11-35-23)6-7-40(14)25-37-21-10-18(27(32,33)34)9-20(22(21)38-25)36-24(42)16-2-4-17(5-3-16)26(29,30)31/h2-5,8-11,14,41H,6-7,12-13H2,1H3,(H,36,42)(H,37,38).